The highest BCUT2D eigenvalue weighted by atomic mass is 16.4. The summed E-state index contributed by atoms with van der Waals surface area (Å²) in [6.45, 7) is 8.92. The van der Waals surface area contributed by atoms with Gasteiger partial charge in [0.15, 0.2) is 0 Å². The largest absolute Gasteiger partial charge is 0.481 e. The van der Waals surface area contributed by atoms with Gasteiger partial charge in [-0.25, -0.2) is 4.68 Å². The molecule has 0 bridgehead atoms. The van der Waals surface area contributed by atoms with Crippen molar-refractivity contribution in [1.29, 1.82) is 0 Å². The van der Waals surface area contributed by atoms with E-state index in [1.54, 1.807) is 0 Å². The molecule has 0 saturated heterocycles. The Morgan fingerprint density at radius 1 is 1.05 bits per heavy atom. The fourth-order valence-electron chi connectivity index (χ4n) is 7.54. The lowest BCUT2D eigenvalue weighted by Crippen LogP contribution is -2.23. The van der Waals surface area contributed by atoms with E-state index < -0.39 is 17.5 Å². The molecule has 0 radical (unpaired) electrons. The highest BCUT2D eigenvalue weighted by Gasteiger charge is 2.62. The van der Waals surface area contributed by atoms with Crippen molar-refractivity contribution in [2.75, 3.05) is 0 Å². The van der Waals surface area contributed by atoms with Crippen LogP contribution in [-0.4, -0.2) is 40.7 Å². The van der Waals surface area contributed by atoms with E-state index in [-0.39, 0.29) is 11.8 Å². The van der Waals surface area contributed by atoms with Gasteiger partial charge in [-0.3, -0.25) is 14.5 Å². The van der Waals surface area contributed by atoms with Crippen LogP contribution >= 0.6 is 0 Å². The Hall–Kier alpha value is -4.30. The third-order valence-electron chi connectivity index (χ3n) is 10.0. The quantitative estimate of drug-likeness (QED) is 0.200. The number of rotatable bonds is 8. The third-order valence-corrected chi connectivity index (χ3v) is 10.0. The molecular weight excluding hydrogens is 550 g/mol. The Morgan fingerprint density at radius 2 is 1.84 bits per heavy atom. The zero-order chi connectivity index (χ0) is 30.7. The molecule has 2 aromatic carbocycles. The second-order valence-corrected chi connectivity index (χ2v) is 13.1. The normalized spacial score (nSPS) is 21.9. The summed E-state index contributed by atoms with van der Waals surface area (Å²) >= 11 is 0. The summed E-state index contributed by atoms with van der Waals surface area (Å²) in [4.78, 5) is 16.8. The lowest BCUT2D eigenvalue weighted by molar-refractivity contribution is -0.144. The minimum atomic E-state index is -0.655. The summed E-state index contributed by atoms with van der Waals surface area (Å²) in [5.41, 5.74) is 8.40. The second-order valence-electron chi connectivity index (χ2n) is 13.1. The van der Waals surface area contributed by atoms with Gasteiger partial charge in [0.1, 0.15) is 0 Å². The third kappa shape index (κ3) is 4.72. The number of aliphatic hydroxyl groups excluding tert-OH is 1. The Balaban J connectivity index is 1.21. The lowest BCUT2D eigenvalue weighted by Gasteiger charge is -2.25. The van der Waals surface area contributed by atoms with Crippen molar-refractivity contribution in [3.05, 3.63) is 95.1 Å². The van der Waals surface area contributed by atoms with Crippen LogP contribution in [0.15, 0.2) is 66.9 Å². The number of aryl methyl sites for hydroxylation is 1. The van der Waals surface area contributed by atoms with E-state index in [2.05, 4.69) is 39.0 Å². The van der Waals surface area contributed by atoms with Gasteiger partial charge >= 0.3 is 5.97 Å². The van der Waals surface area contributed by atoms with Crippen LogP contribution in [-0.2, 0) is 11.3 Å². The Bertz CT molecular complexity index is 1870. The van der Waals surface area contributed by atoms with Crippen LogP contribution in [0.5, 0.6) is 0 Å². The minimum Gasteiger partial charge on any atom is -0.481 e. The van der Waals surface area contributed by atoms with Gasteiger partial charge in [-0.2, -0.15) is 10.2 Å². The summed E-state index contributed by atoms with van der Waals surface area (Å²) in [5.74, 6) is 0.197. The molecule has 3 unspecified atom stereocenters. The van der Waals surface area contributed by atoms with Gasteiger partial charge in [-0.05, 0) is 75.1 Å². The van der Waals surface area contributed by atoms with Gasteiger partial charge in [0.2, 0.25) is 0 Å². The summed E-state index contributed by atoms with van der Waals surface area (Å²) in [7, 11) is 0. The van der Waals surface area contributed by atoms with Gasteiger partial charge in [0.05, 0.1) is 40.7 Å². The first kappa shape index (κ1) is 28.5. The number of carbonyl (C=O) groups is 1. The molecule has 226 valence electrons. The molecule has 0 spiro atoms. The van der Waals surface area contributed by atoms with E-state index in [4.69, 9.17) is 15.2 Å². The average Bonchev–Trinajstić information content (AvgIpc) is 3.47. The van der Waals surface area contributed by atoms with E-state index in [1.807, 2.05) is 64.9 Å². The van der Waals surface area contributed by atoms with Crippen LogP contribution in [0.1, 0.15) is 85.7 Å². The maximum Gasteiger partial charge on any atom is 0.309 e. The summed E-state index contributed by atoms with van der Waals surface area (Å²) < 4.78 is 3.85. The molecule has 3 heterocycles. The molecule has 2 N–H and O–H groups in total. The van der Waals surface area contributed by atoms with Crippen LogP contribution < -0.4 is 0 Å². The van der Waals surface area contributed by atoms with E-state index in [1.165, 1.54) is 5.56 Å². The number of hydrogen-bond acceptors (Lipinski definition) is 5. The van der Waals surface area contributed by atoms with Crippen LogP contribution in [0.4, 0.5) is 0 Å². The predicted octanol–water partition coefficient (Wildman–Crippen LogP) is 7.12. The summed E-state index contributed by atoms with van der Waals surface area (Å²) in [5, 5.41) is 31.5. The van der Waals surface area contributed by atoms with Crippen LogP contribution in [0, 0.1) is 25.2 Å². The first-order valence-corrected chi connectivity index (χ1v) is 15.7. The first-order valence-electron chi connectivity index (χ1n) is 15.7. The van der Waals surface area contributed by atoms with E-state index in [0.717, 1.165) is 76.2 Å². The maximum absolute atomic E-state index is 11.8. The average molecular weight is 590 g/mol. The van der Waals surface area contributed by atoms with E-state index in [0.29, 0.717) is 12.5 Å². The first-order chi connectivity index (χ1) is 21.2. The number of benzene rings is 2. The fourth-order valence-corrected chi connectivity index (χ4v) is 7.54. The number of carboxylic acids is 1. The van der Waals surface area contributed by atoms with E-state index >= 15 is 0 Å². The monoisotopic (exact) mass is 589 g/mol. The number of carboxylic acid groups (broad SMARTS) is 1. The smallest absolute Gasteiger partial charge is 0.309 e. The van der Waals surface area contributed by atoms with Crippen molar-refractivity contribution < 1.29 is 15.0 Å². The number of fused-ring (bicyclic) bond motifs is 2. The molecule has 4 atom stereocenters. The van der Waals surface area contributed by atoms with Crippen molar-refractivity contribution in [3.8, 4) is 16.9 Å². The molecule has 5 aromatic rings. The van der Waals surface area contributed by atoms with Gasteiger partial charge in [0.25, 0.3) is 0 Å². The predicted molar refractivity (Wildman–Crippen MR) is 170 cm³/mol. The molecular formula is C36H39N5O3. The Morgan fingerprint density at radius 3 is 2.55 bits per heavy atom. The highest BCUT2D eigenvalue weighted by molar-refractivity contribution is 5.94. The molecule has 3 aromatic heterocycles. The number of aliphatic hydroxyl groups is 1. The molecule has 8 heteroatoms. The molecule has 0 amide bonds. The number of aliphatic carboxylic acids is 1. The highest BCUT2D eigenvalue weighted by Crippen LogP contribution is 2.64. The van der Waals surface area contributed by atoms with Crippen LogP contribution in [0.25, 0.3) is 27.8 Å². The van der Waals surface area contributed by atoms with Crippen molar-refractivity contribution >= 4 is 16.9 Å². The molecule has 7 rings (SSSR count). The molecule has 2 aliphatic rings. The van der Waals surface area contributed by atoms with Crippen molar-refractivity contribution in [3.63, 3.8) is 0 Å². The topological polar surface area (TPSA) is 106 Å². The molecule has 8 nitrogen and oxygen atoms in total. The van der Waals surface area contributed by atoms with Crippen molar-refractivity contribution in [2.45, 2.75) is 77.9 Å². The minimum absolute atomic E-state index is 0.242. The molecule has 44 heavy (non-hydrogen) atoms. The SMILES string of the molecule is Cc1nc(C2CCC3(C(=O)O)CC3C2)ccc1-n1nc(-c2cccc3nn(C[C@H](O)c4ccccc4)cc23)c(C(C)C)c1C. The summed E-state index contributed by atoms with van der Waals surface area (Å²) in [6.07, 6.45) is 4.69. The zero-order valence-electron chi connectivity index (χ0n) is 25.7. The molecule has 0 aliphatic heterocycles. The Kier molecular flexibility index (Phi) is 6.92. The van der Waals surface area contributed by atoms with Gasteiger partial charge in [0, 0.05) is 40.0 Å². The van der Waals surface area contributed by atoms with Gasteiger partial charge < -0.3 is 10.2 Å². The summed E-state index contributed by atoms with van der Waals surface area (Å²) in [6, 6.07) is 20.0. The molecule has 2 fully saturated rings. The van der Waals surface area contributed by atoms with Crippen LogP contribution in [0.2, 0.25) is 0 Å². The number of nitrogens with zero attached hydrogens (tertiary/aromatic N) is 5. The second kappa shape index (κ2) is 10.7. The Labute approximate surface area is 257 Å². The standard InChI is InChI=1S/C36H39N5O3/c1-21(2)33-23(4)41(31-14-13-29(37-22(31)3)25-15-16-36(35(43)44)18-26(36)17-25)39-34(33)27-11-8-12-30-28(27)19-40(38-30)20-32(42)24-9-6-5-7-10-24/h5-14,19,21,25-26,32,42H,15-18,20H2,1-4H3,(H,43,44)/t25?,26?,32-,36?/m0/s1. The van der Waals surface area contributed by atoms with Gasteiger partial charge in [-0.1, -0.05) is 56.3 Å². The van der Waals surface area contributed by atoms with Crippen LogP contribution in [0.3, 0.4) is 0 Å². The molecule has 2 saturated carbocycles. The lowest BCUT2D eigenvalue weighted by atomic mass is 9.80. The number of hydrogen-bond donors (Lipinski definition) is 2. The zero-order valence-corrected chi connectivity index (χ0v) is 25.7. The van der Waals surface area contributed by atoms with Crippen molar-refractivity contribution in [2.24, 2.45) is 11.3 Å². The maximum atomic E-state index is 11.8. The number of aromatic nitrogens is 5. The van der Waals surface area contributed by atoms with Crippen molar-refractivity contribution in [1.82, 2.24) is 24.5 Å². The number of pyridine rings is 1. The van der Waals surface area contributed by atoms with E-state index in [9.17, 15) is 15.0 Å². The fraction of sp³-hybridized carbons (Fsp3) is 0.389. The molecule has 2 aliphatic carbocycles. The van der Waals surface area contributed by atoms with Gasteiger partial charge in [-0.15, -0.1) is 0 Å².